The molecule has 124 valence electrons. The third-order valence-corrected chi connectivity index (χ3v) is 5.41. The molecule has 0 aliphatic carbocycles. The lowest BCUT2D eigenvalue weighted by Gasteiger charge is -2.21. The van der Waals surface area contributed by atoms with Crippen LogP contribution >= 0.6 is 22.7 Å². The highest BCUT2D eigenvalue weighted by Gasteiger charge is 2.22. The second-order valence-corrected chi connectivity index (χ2v) is 6.89. The minimum Gasteiger partial charge on any atom is -0.463 e. The first kappa shape index (κ1) is 17.9. The molecule has 0 aliphatic rings. The van der Waals surface area contributed by atoms with Crippen molar-refractivity contribution in [3.63, 3.8) is 0 Å². The summed E-state index contributed by atoms with van der Waals surface area (Å²) in [6.07, 6.45) is 0. The Labute approximate surface area is 146 Å². The van der Waals surface area contributed by atoms with Gasteiger partial charge in [-0.2, -0.15) is 0 Å². The second-order valence-electron chi connectivity index (χ2n) is 4.99. The molecule has 2 aromatic rings. The van der Waals surface area contributed by atoms with Crippen molar-refractivity contribution < 1.29 is 9.53 Å². The van der Waals surface area contributed by atoms with E-state index in [1.807, 2.05) is 29.8 Å². The fourth-order valence-electron chi connectivity index (χ4n) is 2.40. The van der Waals surface area contributed by atoms with E-state index in [0.717, 1.165) is 34.0 Å². The lowest BCUT2D eigenvalue weighted by molar-refractivity contribution is -0.138. The number of esters is 1. The number of carbonyl (C=O) groups excluding carboxylic acids is 1. The second kappa shape index (κ2) is 9.01. The van der Waals surface area contributed by atoms with Crippen molar-refractivity contribution in [1.29, 1.82) is 0 Å². The molecular weight excluding hydrogens is 326 g/mol. The number of likely N-dealkylation sites (N-methyl/N-ethyl adjacent to an activating group) is 1. The van der Waals surface area contributed by atoms with Crippen molar-refractivity contribution in [2.45, 2.75) is 20.8 Å². The molecule has 23 heavy (non-hydrogen) atoms. The molecule has 0 fully saturated rings. The Morgan fingerprint density at radius 3 is 2.00 bits per heavy atom. The first-order chi connectivity index (χ1) is 11.2. The molecule has 0 bridgehead atoms. The lowest BCUT2D eigenvalue weighted by Crippen LogP contribution is -2.29. The average Bonchev–Trinajstić information content (AvgIpc) is 3.25. The standard InChI is InChI=1S/C18H23NO2S2/c1-4-19(5-2)13-14(18(20)21-6-3)17(15-9-7-11-22-15)16-10-8-12-23-16/h7-12H,4-6,13H2,1-3H3. The van der Waals surface area contributed by atoms with Crippen LogP contribution in [0.4, 0.5) is 0 Å². The van der Waals surface area contributed by atoms with Gasteiger partial charge in [0.1, 0.15) is 0 Å². The van der Waals surface area contributed by atoms with E-state index in [1.165, 1.54) is 0 Å². The maximum atomic E-state index is 12.6. The molecule has 0 unspecified atom stereocenters. The van der Waals surface area contributed by atoms with Crippen LogP contribution in [0.15, 0.2) is 40.6 Å². The van der Waals surface area contributed by atoms with Gasteiger partial charge in [0.05, 0.1) is 12.2 Å². The summed E-state index contributed by atoms with van der Waals surface area (Å²) in [6, 6.07) is 8.18. The molecular formula is C18H23NO2S2. The maximum absolute atomic E-state index is 12.6. The SMILES string of the molecule is CCOC(=O)C(CN(CC)CC)=C(c1cccs1)c1cccs1. The molecule has 2 aromatic heterocycles. The number of nitrogens with zero attached hydrogens (tertiary/aromatic N) is 1. The Balaban J connectivity index is 2.56. The summed E-state index contributed by atoms with van der Waals surface area (Å²) >= 11 is 3.32. The van der Waals surface area contributed by atoms with Crippen molar-refractivity contribution >= 4 is 34.2 Å². The van der Waals surface area contributed by atoms with Crippen LogP contribution in [0.3, 0.4) is 0 Å². The molecule has 0 spiro atoms. The Morgan fingerprint density at radius 2 is 1.61 bits per heavy atom. The number of hydrogen-bond donors (Lipinski definition) is 0. The lowest BCUT2D eigenvalue weighted by atomic mass is 10.0. The summed E-state index contributed by atoms with van der Waals surface area (Å²) in [5.74, 6) is -0.212. The van der Waals surface area contributed by atoms with Crippen molar-refractivity contribution in [2.75, 3.05) is 26.2 Å². The topological polar surface area (TPSA) is 29.5 Å². The van der Waals surface area contributed by atoms with Crippen LogP contribution in [-0.4, -0.2) is 37.1 Å². The van der Waals surface area contributed by atoms with Crippen LogP contribution in [0.2, 0.25) is 0 Å². The zero-order chi connectivity index (χ0) is 16.7. The zero-order valence-corrected chi connectivity index (χ0v) is 15.5. The van der Waals surface area contributed by atoms with Gasteiger partial charge in [0.2, 0.25) is 0 Å². The fraction of sp³-hybridized carbons (Fsp3) is 0.389. The molecule has 0 amide bonds. The van der Waals surface area contributed by atoms with E-state index in [-0.39, 0.29) is 5.97 Å². The Hall–Kier alpha value is -1.43. The molecule has 2 heterocycles. The van der Waals surface area contributed by atoms with Crippen LogP contribution in [0.25, 0.3) is 5.57 Å². The number of rotatable bonds is 8. The Kier molecular flexibility index (Phi) is 7.02. The third kappa shape index (κ3) is 4.53. The summed E-state index contributed by atoms with van der Waals surface area (Å²) < 4.78 is 5.36. The molecule has 0 aromatic carbocycles. The van der Waals surface area contributed by atoms with E-state index in [1.54, 1.807) is 22.7 Å². The van der Waals surface area contributed by atoms with Crippen LogP contribution in [0.5, 0.6) is 0 Å². The molecule has 3 nitrogen and oxygen atoms in total. The summed E-state index contributed by atoms with van der Waals surface area (Å²) in [5.41, 5.74) is 1.76. The number of thiophene rings is 2. The predicted octanol–water partition coefficient (Wildman–Crippen LogP) is 4.52. The Morgan fingerprint density at radius 1 is 1.04 bits per heavy atom. The minimum absolute atomic E-state index is 0.212. The Bertz CT molecular complexity index is 590. The minimum atomic E-state index is -0.212. The average molecular weight is 350 g/mol. The summed E-state index contributed by atoms with van der Waals surface area (Å²) in [7, 11) is 0. The van der Waals surface area contributed by atoms with Crippen molar-refractivity contribution in [3.8, 4) is 0 Å². The van der Waals surface area contributed by atoms with Crippen LogP contribution in [0, 0.1) is 0 Å². The fourth-order valence-corrected chi connectivity index (χ4v) is 4.08. The quantitative estimate of drug-likeness (QED) is 0.518. The molecule has 0 atom stereocenters. The van der Waals surface area contributed by atoms with Gasteiger partial charge in [-0.3, -0.25) is 4.90 Å². The van der Waals surface area contributed by atoms with E-state index in [9.17, 15) is 4.79 Å². The first-order valence-electron chi connectivity index (χ1n) is 7.91. The number of hydrogen-bond acceptors (Lipinski definition) is 5. The first-order valence-corrected chi connectivity index (χ1v) is 9.67. The normalized spacial score (nSPS) is 10.8. The van der Waals surface area contributed by atoms with E-state index < -0.39 is 0 Å². The van der Waals surface area contributed by atoms with Gasteiger partial charge in [0.25, 0.3) is 0 Å². The van der Waals surface area contributed by atoms with Gasteiger partial charge in [-0.05, 0) is 42.9 Å². The van der Waals surface area contributed by atoms with Gasteiger partial charge in [-0.15, -0.1) is 22.7 Å². The number of ether oxygens (including phenoxy) is 1. The molecule has 0 aliphatic heterocycles. The molecule has 0 N–H and O–H groups in total. The predicted molar refractivity (Wildman–Crippen MR) is 99.1 cm³/mol. The van der Waals surface area contributed by atoms with Gasteiger partial charge in [-0.1, -0.05) is 26.0 Å². The van der Waals surface area contributed by atoms with Crippen LogP contribution in [0.1, 0.15) is 30.5 Å². The highest BCUT2D eigenvalue weighted by atomic mass is 32.1. The summed E-state index contributed by atoms with van der Waals surface area (Å²) in [5, 5.41) is 4.09. The maximum Gasteiger partial charge on any atom is 0.336 e. The summed E-state index contributed by atoms with van der Waals surface area (Å²) in [4.78, 5) is 17.1. The van der Waals surface area contributed by atoms with Crippen molar-refractivity contribution in [1.82, 2.24) is 4.90 Å². The summed E-state index contributed by atoms with van der Waals surface area (Å²) in [6.45, 7) is 8.89. The highest BCUT2D eigenvalue weighted by Crippen LogP contribution is 2.33. The van der Waals surface area contributed by atoms with Gasteiger partial charge < -0.3 is 4.74 Å². The molecule has 0 saturated heterocycles. The molecule has 0 saturated carbocycles. The number of carbonyl (C=O) groups is 1. The van der Waals surface area contributed by atoms with E-state index in [0.29, 0.717) is 13.2 Å². The van der Waals surface area contributed by atoms with Crippen LogP contribution in [-0.2, 0) is 9.53 Å². The van der Waals surface area contributed by atoms with Gasteiger partial charge in [-0.25, -0.2) is 4.79 Å². The zero-order valence-electron chi connectivity index (χ0n) is 13.9. The van der Waals surface area contributed by atoms with Crippen molar-refractivity contribution in [2.24, 2.45) is 0 Å². The largest absolute Gasteiger partial charge is 0.463 e. The molecule has 5 heteroatoms. The van der Waals surface area contributed by atoms with E-state index in [4.69, 9.17) is 4.74 Å². The third-order valence-electron chi connectivity index (χ3n) is 3.63. The van der Waals surface area contributed by atoms with Crippen molar-refractivity contribution in [3.05, 3.63) is 50.4 Å². The van der Waals surface area contributed by atoms with Gasteiger partial charge in [0, 0.05) is 21.9 Å². The molecule has 2 rings (SSSR count). The smallest absolute Gasteiger partial charge is 0.336 e. The van der Waals surface area contributed by atoms with E-state index in [2.05, 4.69) is 30.9 Å². The van der Waals surface area contributed by atoms with E-state index >= 15 is 0 Å². The highest BCUT2D eigenvalue weighted by molar-refractivity contribution is 7.13. The monoisotopic (exact) mass is 349 g/mol. The van der Waals surface area contributed by atoms with Gasteiger partial charge >= 0.3 is 5.97 Å². The van der Waals surface area contributed by atoms with Gasteiger partial charge in [0.15, 0.2) is 0 Å². The van der Waals surface area contributed by atoms with Crippen LogP contribution < -0.4 is 0 Å². The molecule has 0 radical (unpaired) electrons.